The van der Waals surface area contributed by atoms with Crippen molar-refractivity contribution < 1.29 is 14.7 Å². The molecule has 0 aliphatic carbocycles. The molecule has 1 atom stereocenters. The van der Waals surface area contributed by atoms with Gasteiger partial charge in [0.2, 0.25) is 0 Å². The minimum Gasteiger partial charge on any atom is -0.478 e. The van der Waals surface area contributed by atoms with Gasteiger partial charge in [-0.2, -0.15) is 0 Å². The van der Waals surface area contributed by atoms with Crippen LogP contribution in [0.5, 0.6) is 0 Å². The summed E-state index contributed by atoms with van der Waals surface area (Å²) in [6.07, 6.45) is 0. The monoisotopic (exact) mass is 369 g/mol. The van der Waals surface area contributed by atoms with Gasteiger partial charge in [-0.3, -0.25) is 18.7 Å². The Kier molecular flexibility index (Phi) is 4.35. The van der Waals surface area contributed by atoms with E-state index in [1.807, 2.05) is 0 Å². The first-order chi connectivity index (χ1) is 12.6. The Morgan fingerprint density at radius 3 is 2.19 bits per heavy atom. The van der Waals surface area contributed by atoms with E-state index in [0.717, 1.165) is 4.57 Å². The van der Waals surface area contributed by atoms with E-state index in [-0.39, 0.29) is 16.9 Å². The number of allylic oxidation sites excluding steroid dienone is 2. The molecule has 1 aromatic carbocycles. The van der Waals surface area contributed by atoms with Crippen LogP contribution in [0.2, 0.25) is 0 Å². The van der Waals surface area contributed by atoms with Crippen molar-refractivity contribution in [3.8, 4) is 0 Å². The number of nitrogens with zero attached hydrogens (tertiary/aromatic N) is 2. The molecule has 8 nitrogen and oxygen atoms in total. The summed E-state index contributed by atoms with van der Waals surface area (Å²) in [6.45, 7) is 3.12. The zero-order chi connectivity index (χ0) is 20.0. The number of rotatable bonds is 3. The highest BCUT2D eigenvalue weighted by atomic mass is 16.4. The lowest BCUT2D eigenvalue weighted by Gasteiger charge is -2.30. The second-order valence-electron chi connectivity index (χ2n) is 6.55. The number of fused-ring (bicyclic) bond motifs is 1. The van der Waals surface area contributed by atoms with Crippen molar-refractivity contribution in [3.63, 3.8) is 0 Å². The highest BCUT2D eigenvalue weighted by molar-refractivity contribution is 5.98. The van der Waals surface area contributed by atoms with Crippen LogP contribution in [-0.2, 0) is 18.9 Å². The van der Waals surface area contributed by atoms with Crippen LogP contribution in [0.25, 0.3) is 0 Å². The van der Waals surface area contributed by atoms with Gasteiger partial charge in [-0.15, -0.1) is 0 Å². The predicted molar refractivity (Wildman–Crippen MR) is 99.2 cm³/mol. The SMILES string of the molecule is CC(=O)C1=C(C)Nc2c(c(=O)n(C)c(=O)n2C)[C@@H]1c1ccc(C(=O)O)cc1. The van der Waals surface area contributed by atoms with Gasteiger partial charge in [0.05, 0.1) is 11.1 Å². The third-order valence-corrected chi connectivity index (χ3v) is 4.86. The van der Waals surface area contributed by atoms with Crippen LogP contribution in [0.15, 0.2) is 45.1 Å². The molecular formula is C19H19N3O5. The number of hydrogen-bond donors (Lipinski definition) is 2. The number of anilines is 1. The second-order valence-corrected chi connectivity index (χ2v) is 6.55. The topological polar surface area (TPSA) is 110 Å². The van der Waals surface area contributed by atoms with Gasteiger partial charge in [0, 0.05) is 31.3 Å². The van der Waals surface area contributed by atoms with Gasteiger partial charge in [-0.1, -0.05) is 12.1 Å². The van der Waals surface area contributed by atoms with Crippen LogP contribution in [0.3, 0.4) is 0 Å². The van der Waals surface area contributed by atoms with Crippen molar-refractivity contribution in [3.05, 3.63) is 73.1 Å². The van der Waals surface area contributed by atoms with Crippen LogP contribution >= 0.6 is 0 Å². The molecule has 3 rings (SSSR count). The Bertz CT molecular complexity index is 1120. The zero-order valence-electron chi connectivity index (χ0n) is 15.4. The third-order valence-electron chi connectivity index (χ3n) is 4.86. The number of carbonyl (C=O) groups is 2. The van der Waals surface area contributed by atoms with Crippen LogP contribution in [-0.4, -0.2) is 26.0 Å². The minimum atomic E-state index is -1.07. The number of aromatic nitrogens is 2. The Morgan fingerprint density at radius 2 is 1.67 bits per heavy atom. The van der Waals surface area contributed by atoms with Crippen LogP contribution in [0.1, 0.15) is 41.3 Å². The highest BCUT2D eigenvalue weighted by Gasteiger charge is 2.35. The summed E-state index contributed by atoms with van der Waals surface area (Å²) in [6, 6.07) is 6.03. The van der Waals surface area contributed by atoms with Crippen molar-refractivity contribution >= 4 is 17.6 Å². The molecule has 0 spiro atoms. The van der Waals surface area contributed by atoms with Gasteiger partial charge >= 0.3 is 11.7 Å². The molecule has 0 amide bonds. The summed E-state index contributed by atoms with van der Waals surface area (Å²) in [5, 5.41) is 12.1. The number of carboxylic acid groups (broad SMARTS) is 1. The molecule has 0 saturated carbocycles. The van der Waals surface area contributed by atoms with Crippen LogP contribution in [0.4, 0.5) is 5.82 Å². The van der Waals surface area contributed by atoms with E-state index < -0.39 is 23.1 Å². The Balaban J connectivity index is 2.37. The Morgan fingerprint density at radius 1 is 1.07 bits per heavy atom. The van der Waals surface area contributed by atoms with E-state index in [4.69, 9.17) is 5.11 Å². The summed E-state index contributed by atoms with van der Waals surface area (Å²) in [5.74, 6) is -1.65. The molecule has 0 fully saturated rings. The lowest BCUT2D eigenvalue weighted by atomic mass is 9.80. The van der Waals surface area contributed by atoms with E-state index in [1.54, 1.807) is 26.1 Å². The molecule has 1 aliphatic rings. The lowest BCUT2D eigenvalue weighted by Crippen LogP contribution is -2.43. The summed E-state index contributed by atoms with van der Waals surface area (Å²) in [7, 11) is 2.93. The first kappa shape index (κ1) is 18.4. The largest absolute Gasteiger partial charge is 0.478 e. The van der Waals surface area contributed by atoms with E-state index >= 15 is 0 Å². The van der Waals surface area contributed by atoms with Gasteiger partial charge in [0.15, 0.2) is 5.78 Å². The molecule has 8 heteroatoms. The number of hydrogen-bond acceptors (Lipinski definition) is 5. The maximum atomic E-state index is 12.9. The fourth-order valence-corrected chi connectivity index (χ4v) is 3.51. The van der Waals surface area contributed by atoms with Gasteiger partial charge < -0.3 is 10.4 Å². The van der Waals surface area contributed by atoms with E-state index in [0.29, 0.717) is 22.7 Å². The van der Waals surface area contributed by atoms with Crippen LogP contribution < -0.4 is 16.6 Å². The van der Waals surface area contributed by atoms with Crippen LogP contribution in [0, 0.1) is 0 Å². The normalized spacial score (nSPS) is 15.9. The average molecular weight is 369 g/mol. The van der Waals surface area contributed by atoms with Gasteiger partial charge in [0.1, 0.15) is 5.82 Å². The molecule has 27 heavy (non-hydrogen) atoms. The number of carboxylic acids is 1. The summed E-state index contributed by atoms with van der Waals surface area (Å²) in [5.41, 5.74) is 0.948. The van der Waals surface area contributed by atoms with Crippen molar-refractivity contribution in [2.45, 2.75) is 19.8 Å². The quantitative estimate of drug-likeness (QED) is 0.841. The van der Waals surface area contributed by atoms with E-state index in [9.17, 15) is 19.2 Å². The second kappa shape index (κ2) is 6.39. The maximum Gasteiger partial charge on any atom is 0.335 e. The molecule has 2 aromatic rings. The average Bonchev–Trinajstić information content (AvgIpc) is 2.63. The molecule has 0 bridgehead atoms. The Labute approximate surface area is 154 Å². The standard InChI is InChI=1S/C19H19N3O5/c1-9-13(10(2)23)14(11-5-7-12(8-6-11)18(25)26)15-16(20-9)21(3)19(27)22(4)17(15)24/h5-8,14,20H,1-4H3,(H,25,26)/t14-/m1/s1. The first-order valence-corrected chi connectivity index (χ1v) is 8.27. The molecule has 2 N–H and O–H groups in total. The molecule has 140 valence electrons. The lowest BCUT2D eigenvalue weighted by molar-refractivity contribution is -0.113. The third kappa shape index (κ3) is 2.79. The van der Waals surface area contributed by atoms with Crippen molar-refractivity contribution in [2.24, 2.45) is 14.1 Å². The minimum absolute atomic E-state index is 0.103. The van der Waals surface area contributed by atoms with E-state index in [2.05, 4.69) is 5.32 Å². The number of benzene rings is 1. The molecule has 1 aromatic heterocycles. The maximum absolute atomic E-state index is 12.9. The predicted octanol–water partition coefficient (Wildman–Crippen LogP) is 1.20. The van der Waals surface area contributed by atoms with Gasteiger partial charge in [-0.05, 0) is 31.5 Å². The molecule has 1 aliphatic heterocycles. The number of Topliss-reactive ketones (excluding diaryl/α,β-unsaturated/α-hetero) is 1. The van der Waals surface area contributed by atoms with Crippen molar-refractivity contribution in [1.29, 1.82) is 0 Å². The van der Waals surface area contributed by atoms with Crippen molar-refractivity contribution in [2.75, 3.05) is 5.32 Å². The summed E-state index contributed by atoms with van der Waals surface area (Å²) < 4.78 is 2.33. The smallest absolute Gasteiger partial charge is 0.335 e. The Hall–Kier alpha value is -3.42. The molecule has 0 saturated heterocycles. The van der Waals surface area contributed by atoms with E-state index in [1.165, 1.54) is 30.7 Å². The number of aromatic carboxylic acids is 1. The molecule has 0 radical (unpaired) electrons. The number of nitrogens with one attached hydrogen (secondary N) is 1. The number of ketones is 1. The fraction of sp³-hybridized carbons (Fsp3) is 0.263. The van der Waals surface area contributed by atoms with Crippen molar-refractivity contribution in [1.82, 2.24) is 9.13 Å². The number of carbonyl (C=O) groups excluding carboxylic acids is 1. The molecular weight excluding hydrogens is 350 g/mol. The summed E-state index contributed by atoms with van der Waals surface area (Å²) >= 11 is 0. The first-order valence-electron chi connectivity index (χ1n) is 8.27. The van der Waals surface area contributed by atoms with Gasteiger partial charge in [0.25, 0.3) is 5.56 Å². The molecule has 0 unspecified atom stereocenters. The molecule has 2 heterocycles. The summed E-state index contributed by atoms with van der Waals surface area (Å²) in [4.78, 5) is 48.7. The fourth-order valence-electron chi connectivity index (χ4n) is 3.51. The zero-order valence-corrected chi connectivity index (χ0v) is 15.4. The highest BCUT2D eigenvalue weighted by Crippen LogP contribution is 2.39. The van der Waals surface area contributed by atoms with Gasteiger partial charge in [-0.25, -0.2) is 9.59 Å².